The lowest BCUT2D eigenvalue weighted by molar-refractivity contribution is -0.158. The summed E-state index contributed by atoms with van der Waals surface area (Å²) in [6.45, 7) is 6.99. The van der Waals surface area contributed by atoms with Crippen molar-refractivity contribution in [2.75, 3.05) is 5.75 Å². The van der Waals surface area contributed by atoms with Crippen LogP contribution < -0.4 is 5.32 Å². The minimum absolute atomic E-state index is 0.366. The fraction of sp³-hybridized carbons (Fsp3) is 0.800. The van der Waals surface area contributed by atoms with Gasteiger partial charge in [0.05, 0.1) is 0 Å². The highest BCUT2D eigenvalue weighted by Crippen LogP contribution is 2.32. The molecule has 92 valence electrons. The predicted molar refractivity (Wildman–Crippen MR) is 61.3 cm³/mol. The maximum Gasteiger partial charge on any atom is 0.337 e. The van der Waals surface area contributed by atoms with Crippen LogP contribution in [0.25, 0.3) is 0 Å². The fourth-order valence-electron chi connectivity index (χ4n) is 1.29. The highest BCUT2D eigenvalue weighted by Gasteiger charge is 2.46. The number of aliphatic carboxylic acids is 1. The minimum atomic E-state index is -0.962. The molecular weight excluding hydrogens is 230 g/mol. The van der Waals surface area contributed by atoms with E-state index in [4.69, 9.17) is 9.84 Å². The molecule has 16 heavy (non-hydrogen) atoms. The Morgan fingerprint density at radius 1 is 1.50 bits per heavy atom. The van der Waals surface area contributed by atoms with Gasteiger partial charge in [0.25, 0.3) is 0 Å². The summed E-state index contributed by atoms with van der Waals surface area (Å²) >= 11 is 1.26. The predicted octanol–water partition coefficient (Wildman–Crippen LogP) is 0.834. The van der Waals surface area contributed by atoms with E-state index in [1.807, 2.05) is 0 Å². The van der Waals surface area contributed by atoms with Gasteiger partial charge in [-0.3, -0.25) is 10.1 Å². The first-order valence-corrected chi connectivity index (χ1v) is 6.00. The summed E-state index contributed by atoms with van der Waals surface area (Å²) in [6, 6.07) is -0.692. The SMILES string of the molecule is CC(C)(C)OC(=O)C1(C)N[C@@H](C(=O)O)CS1. The molecule has 1 rings (SSSR count). The van der Waals surface area contributed by atoms with Crippen LogP contribution in [-0.2, 0) is 14.3 Å². The summed E-state index contributed by atoms with van der Waals surface area (Å²) in [5, 5.41) is 11.6. The lowest BCUT2D eigenvalue weighted by Crippen LogP contribution is -2.50. The van der Waals surface area contributed by atoms with Gasteiger partial charge < -0.3 is 9.84 Å². The van der Waals surface area contributed by atoms with Gasteiger partial charge in [-0.2, -0.15) is 0 Å². The van der Waals surface area contributed by atoms with Crippen molar-refractivity contribution in [3.8, 4) is 0 Å². The van der Waals surface area contributed by atoms with E-state index in [-0.39, 0.29) is 0 Å². The number of rotatable bonds is 2. The number of carbonyl (C=O) groups is 2. The standard InChI is InChI=1S/C10H17NO4S/c1-9(2,3)15-8(14)10(4)11-6(5-16-10)7(12)13/h6,11H,5H2,1-4H3,(H,12,13)/t6-,10?/m1/s1. The second kappa shape index (κ2) is 4.25. The number of carboxylic acids is 1. The molecule has 0 aromatic heterocycles. The average molecular weight is 247 g/mol. The maximum atomic E-state index is 11.9. The van der Waals surface area contributed by atoms with E-state index in [0.717, 1.165) is 0 Å². The van der Waals surface area contributed by atoms with Crippen LogP contribution >= 0.6 is 11.8 Å². The first-order valence-electron chi connectivity index (χ1n) is 5.02. The van der Waals surface area contributed by atoms with Crippen molar-refractivity contribution in [3.05, 3.63) is 0 Å². The Labute approximate surface area is 98.9 Å². The summed E-state index contributed by atoms with van der Waals surface area (Å²) in [4.78, 5) is 21.7. The zero-order valence-corrected chi connectivity index (χ0v) is 10.7. The molecule has 1 heterocycles. The van der Waals surface area contributed by atoms with Crippen LogP contribution in [-0.4, -0.2) is 39.3 Å². The number of hydrogen-bond acceptors (Lipinski definition) is 5. The van der Waals surface area contributed by atoms with Crippen molar-refractivity contribution in [2.24, 2.45) is 0 Å². The Hall–Kier alpha value is -0.750. The van der Waals surface area contributed by atoms with E-state index in [0.29, 0.717) is 5.75 Å². The third-order valence-corrected chi connectivity index (χ3v) is 3.44. The number of esters is 1. The third kappa shape index (κ3) is 3.12. The van der Waals surface area contributed by atoms with E-state index in [1.165, 1.54) is 11.8 Å². The van der Waals surface area contributed by atoms with Crippen molar-refractivity contribution in [1.82, 2.24) is 5.32 Å². The molecule has 5 nitrogen and oxygen atoms in total. The van der Waals surface area contributed by atoms with Gasteiger partial charge in [0.1, 0.15) is 11.6 Å². The quantitative estimate of drug-likeness (QED) is 0.704. The number of ether oxygens (including phenoxy) is 1. The number of thioether (sulfide) groups is 1. The van der Waals surface area contributed by atoms with Crippen LogP contribution in [0.5, 0.6) is 0 Å². The van der Waals surface area contributed by atoms with Gasteiger partial charge in [0.2, 0.25) is 0 Å². The topological polar surface area (TPSA) is 75.6 Å². The molecule has 2 N–H and O–H groups in total. The molecular formula is C10H17NO4S. The maximum absolute atomic E-state index is 11.9. The van der Waals surface area contributed by atoms with Gasteiger partial charge in [-0.05, 0) is 27.7 Å². The van der Waals surface area contributed by atoms with Crippen LogP contribution in [0.3, 0.4) is 0 Å². The molecule has 1 aliphatic heterocycles. The molecule has 0 aromatic carbocycles. The first-order chi connectivity index (χ1) is 7.14. The summed E-state index contributed by atoms with van der Waals surface area (Å²) in [5.41, 5.74) is -0.566. The molecule has 0 aliphatic carbocycles. The average Bonchev–Trinajstić information content (AvgIpc) is 2.46. The molecule has 1 saturated heterocycles. The summed E-state index contributed by atoms with van der Waals surface area (Å²) in [6.07, 6.45) is 0. The largest absolute Gasteiger partial charge is 0.480 e. The van der Waals surface area contributed by atoms with E-state index in [1.54, 1.807) is 27.7 Å². The Balaban J connectivity index is 2.67. The highest BCUT2D eigenvalue weighted by atomic mass is 32.2. The van der Waals surface area contributed by atoms with Crippen molar-refractivity contribution in [1.29, 1.82) is 0 Å². The zero-order valence-electron chi connectivity index (χ0n) is 9.86. The molecule has 6 heteroatoms. The van der Waals surface area contributed by atoms with Crippen LogP contribution in [0.1, 0.15) is 27.7 Å². The third-order valence-electron chi connectivity index (χ3n) is 2.07. The monoisotopic (exact) mass is 247 g/mol. The summed E-state index contributed by atoms with van der Waals surface area (Å²) < 4.78 is 5.24. The molecule has 0 spiro atoms. The molecule has 1 unspecified atom stereocenters. The number of carboxylic acid groups (broad SMARTS) is 1. The highest BCUT2D eigenvalue weighted by molar-refractivity contribution is 8.01. The van der Waals surface area contributed by atoms with Gasteiger partial charge in [-0.1, -0.05) is 0 Å². The lowest BCUT2D eigenvalue weighted by atomic mass is 10.2. The van der Waals surface area contributed by atoms with Gasteiger partial charge >= 0.3 is 11.9 Å². The van der Waals surface area contributed by atoms with Crippen molar-refractivity contribution >= 4 is 23.7 Å². The van der Waals surface area contributed by atoms with Crippen molar-refractivity contribution < 1.29 is 19.4 Å². The fourth-order valence-corrected chi connectivity index (χ4v) is 2.40. The molecule has 0 radical (unpaired) electrons. The molecule has 0 bridgehead atoms. The lowest BCUT2D eigenvalue weighted by Gasteiger charge is -2.27. The number of hydrogen-bond donors (Lipinski definition) is 2. The van der Waals surface area contributed by atoms with Crippen LogP contribution in [0.15, 0.2) is 0 Å². The van der Waals surface area contributed by atoms with Gasteiger partial charge in [-0.15, -0.1) is 11.8 Å². The smallest absolute Gasteiger partial charge is 0.337 e. The van der Waals surface area contributed by atoms with E-state index >= 15 is 0 Å². The van der Waals surface area contributed by atoms with E-state index < -0.39 is 28.5 Å². The molecule has 0 aromatic rings. The van der Waals surface area contributed by atoms with Gasteiger partial charge in [0.15, 0.2) is 4.87 Å². The van der Waals surface area contributed by atoms with Crippen LogP contribution in [0.4, 0.5) is 0 Å². The van der Waals surface area contributed by atoms with Crippen LogP contribution in [0, 0.1) is 0 Å². The molecule has 0 saturated carbocycles. The number of carbonyl (C=O) groups excluding carboxylic acids is 1. The Kier molecular flexibility index (Phi) is 3.54. The van der Waals surface area contributed by atoms with Crippen LogP contribution in [0.2, 0.25) is 0 Å². The Morgan fingerprint density at radius 3 is 2.44 bits per heavy atom. The summed E-state index contributed by atoms with van der Waals surface area (Å²) in [5.74, 6) is -1.00. The molecule has 0 amide bonds. The van der Waals surface area contributed by atoms with Crippen molar-refractivity contribution in [2.45, 2.75) is 44.2 Å². The first kappa shape index (κ1) is 13.3. The second-order valence-electron chi connectivity index (χ2n) is 4.88. The van der Waals surface area contributed by atoms with E-state index in [9.17, 15) is 9.59 Å². The Bertz CT molecular complexity index is 312. The Morgan fingerprint density at radius 2 is 2.06 bits per heavy atom. The summed E-state index contributed by atoms with van der Waals surface area (Å²) in [7, 11) is 0. The second-order valence-corrected chi connectivity index (χ2v) is 6.32. The molecule has 2 atom stereocenters. The van der Waals surface area contributed by atoms with E-state index in [2.05, 4.69) is 5.32 Å². The minimum Gasteiger partial charge on any atom is -0.480 e. The zero-order chi connectivity index (χ0) is 12.6. The molecule has 1 fully saturated rings. The molecule has 1 aliphatic rings. The van der Waals surface area contributed by atoms with Gasteiger partial charge in [0, 0.05) is 5.75 Å². The van der Waals surface area contributed by atoms with Gasteiger partial charge in [-0.25, -0.2) is 4.79 Å². The normalized spacial score (nSPS) is 30.1. The number of nitrogens with one attached hydrogen (secondary N) is 1. The van der Waals surface area contributed by atoms with Crippen molar-refractivity contribution in [3.63, 3.8) is 0 Å².